The first-order valence-corrected chi connectivity index (χ1v) is 8.99. The Labute approximate surface area is 129 Å². The molecule has 1 N–H and O–H groups in total. The number of halogens is 2. The Morgan fingerprint density at radius 2 is 2.11 bits per heavy atom. The highest BCUT2D eigenvalue weighted by molar-refractivity contribution is 9.11. The molecule has 2 rings (SSSR count). The average Bonchev–Trinajstić information content (AvgIpc) is 2.69. The van der Waals surface area contributed by atoms with E-state index in [-0.39, 0.29) is 0 Å². The molecule has 1 aromatic heterocycles. The molecule has 0 aliphatic carbocycles. The third kappa shape index (κ3) is 3.51. The molecule has 0 saturated heterocycles. The maximum Gasteiger partial charge on any atom is 0.263 e. The van der Waals surface area contributed by atoms with Crippen molar-refractivity contribution in [3.63, 3.8) is 0 Å². The van der Waals surface area contributed by atoms with Crippen molar-refractivity contribution in [1.82, 2.24) is 0 Å². The minimum atomic E-state index is -3.56. The summed E-state index contributed by atoms with van der Waals surface area (Å²) in [5, 5.41) is 0. The minimum Gasteiger partial charge on any atom is -0.280 e. The zero-order chi connectivity index (χ0) is 14.0. The van der Waals surface area contributed by atoms with Crippen molar-refractivity contribution in [1.29, 1.82) is 0 Å². The highest BCUT2D eigenvalue weighted by Gasteiger charge is 2.19. The van der Waals surface area contributed by atoms with Gasteiger partial charge in [0.1, 0.15) is 4.90 Å². The molecule has 0 fully saturated rings. The number of anilines is 1. The van der Waals surface area contributed by atoms with Gasteiger partial charge in [0.05, 0.1) is 3.79 Å². The van der Waals surface area contributed by atoms with Gasteiger partial charge in [0.2, 0.25) is 0 Å². The Balaban J connectivity index is 2.33. The average molecular weight is 381 g/mol. The molecule has 0 aliphatic heterocycles. The Morgan fingerprint density at radius 1 is 1.37 bits per heavy atom. The van der Waals surface area contributed by atoms with Gasteiger partial charge in [-0.2, -0.15) is 0 Å². The van der Waals surface area contributed by atoms with Gasteiger partial charge in [-0.05, 0) is 46.6 Å². The van der Waals surface area contributed by atoms with Crippen LogP contribution < -0.4 is 4.72 Å². The molecule has 0 radical (unpaired) electrons. The lowest BCUT2D eigenvalue weighted by Gasteiger charge is -2.08. The number of benzene rings is 1. The lowest BCUT2D eigenvalue weighted by atomic mass is 10.2. The number of hydrogen-bond acceptors (Lipinski definition) is 3. The van der Waals surface area contributed by atoms with Crippen LogP contribution in [0.3, 0.4) is 0 Å². The summed E-state index contributed by atoms with van der Waals surface area (Å²) in [5.41, 5.74) is 1.38. The molecule has 0 bridgehead atoms. The topological polar surface area (TPSA) is 46.2 Å². The molecule has 0 amide bonds. The van der Waals surface area contributed by atoms with E-state index in [9.17, 15) is 8.42 Å². The van der Waals surface area contributed by atoms with E-state index in [1.54, 1.807) is 31.2 Å². The molecule has 0 aliphatic rings. The molecule has 2 aromatic rings. The van der Waals surface area contributed by atoms with Crippen LogP contribution in [0.2, 0.25) is 0 Å². The maximum absolute atomic E-state index is 12.3. The zero-order valence-electron chi connectivity index (χ0n) is 9.98. The van der Waals surface area contributed by atoms with Gasteiger partial charge in [0.15, 0.2) is 0 Å². The first-order valence-electron chi connectivity index (χ1n) is 5.36. The molecular formula is C12H11BrClNO2S2. The van der Waals surface area contributed by atoms with E-state index in [1.165, 1.54) is 11.3 Å². The van der Waals surface area contributed by atoms with Crippen LogP contribution in [0.15, 0.2) is 39.0 Å². The smallest absolute Gasteiger partial charge is 0.263 e. The van der Waals surface area contributed by atoms with E-state index in [0.717, 1.165) is 14.2 Å². The van der Waals surface area contributed by atoms with Crippen LogP contribution in [0.25, 0.3) is 0 Å². The predicted octanol–water partition coefficient (Wildman–Crippen LogP) is 4.36. The number of nitrogens with one attached hydrogen (secondary N) is 1. The van der Waals surface area contributed by atoms with Crippen molar-refractivity contribution in [2.75, 3.05) is 4.72 Å². The van der Waals surface area contributed by atoms with Gasteiger partial charge in [-0.25, -0.2) is 8.42 Å². The van der Waals surface area contributed by atoms with Crippen molar-refractivity contribution < 1.29 is 8.42 Å². The maximum atomic E-state index is 12.3. The van der Waals surface area contributed by atoms with E-state index in [4.69, 9.17) is 11.6 Å². The number of hydrogen-bond donors (Lipinski definition) is 1. The summed E-state index contributed by atoms with van der Waals surface area (Å²) in [5.74, 6) is 0.346. The summed E-state index contributed by atoms with van der Waals surface area (Å²) in [4.78, 5) is 1.04. The third-order valence-corrected chi connectivity index (χ3v) is 5.96. The zero-order valence-corrected chi connectivity index (χ0v) is 14.0. The lowest BCUT2D eigenvalue weighted by molar-refractivity contribution is 0.601. The summed E-state index contributed by atoms with van der Waals surface area (Å²) in [6.45, 7) is 1.78. The summed E-state index contributed by atoms with van der Waals surface area (Å²) in [6, 6.07) is 8.64. The molecular weight excluding hydrogens is 370 g/mol. The number of rotatable bonds is 4. The molecule has 7 heteroatoms. The summed E-state index contributed by atoms with van der Waals surface area (Å²) < 4.78 is 27.9. The van der Waals surface area contributed by atoms with Gasteiger partial charge in [-0.3, -0.25) is 4.72 Å². The van der Waals surface area contributed by atoms with E-state index in [0.29, 0.717) is 16.5 Å². The first kappa shape index (κ1) is 14.8. The number of sulfonamides is 1. The Bertz CT molecular complexity index is 698. The second-order valence-electron chi connectivity index (χ2n) is 3.91. The molecule has 19 heavy (non-hydrogen) atoms. The third-order valence-electron chi connectivity index (χ3n) is 2.47. The second kappa shape index (κ2) is 5.83. The van der Waals surface area contributed by atoms with E-state index >= 15 is 0 Å². The highest BCUT2D eigenvalue weighted by atomic mass is 79.9. The Hall–Kier alpha value is -0.560. The largest absolute Gasteiger partial charge is 0.280 e. The number of alkyl halides is 1. The van der Waals surface area contributed by atoms with Gasteiger partial charge in [-0.1, -0.05) is 12.1 Å². The van der Waals surface area contributed by atoms with Crippen LogP contribution >= 0.6 is 38.9 Å². The molecule has 3 nitrogen and oxygen atoms in total. The first-order chi connectivity index (χ1) is 8.92. The summed E-state index contributed by atoms with van der Waals surface area (Å²) in [7, 11) is -3.56. The van der Waals surface area contributed by atoms with Crippen LogP contribution in [0.1, 0.15) is 10.4 Å². The van der Waals surface area contributed by atoms with Crippen LogP contribution in [-0.4, -0.2) is 8.42 Å². The molecule has 1 aromatic carbocycles. The lowest BCUT2D eigenvalue weighted by Crippen LogP contribution is -2.13. The predicted molar refractivity (Wildman–Crippen MR) is 83.6 cm³/mol. The standard InChI is InChI=1S/C12H11BrClNO2S2/c1-8-11(6-12(13)18-8)19(16,17)15-10-4-2-3-9(5-10)7-14/h2-6,15H,7H2,1H3. The van der Waals surface area contributed by atoms with Gasteiger partial charge in [-0.15, -0.1) is 22.9 Å². The quantitative estimate of drug-likeness (QED) is 0.801. The molecule has 0 spiro atoms. The van der Waals surface area contributed by atoms with E-state index in [2.05, 4.69) is 20.7 Å². The van der Waals surface area contributed by atoms with Gasteiger partial charge in [0, 0.05) is 16.4 Å². The van der Waals surface area contributed by atoms with Crippen LogP contribution in [0.4, 0.5) is 5.69 Å². The van der Waals surface area contributed by atoms with Gasteiger partial charge < -0.3 is 0 Å². The van der Waals surface area contributed by atoms with E-state index < -0.39 is 10.0 Å². The fourth-order valence-electron chi connectivity index (χ4n) is 1.63. The van der Waals surface area contributed by atoms with Crippen molar-refractivity contribution in [2.45, 2.75) is 17.7 Å². The molecule has 1 heterocycles. The Morgan fingerprint density at radius 3 is 2.68 bits per heavy atom. The minimum absolute atomic E-state index is 0.292. The summed E-state index contributed by atoms with van der Waals surface area (Å²) >= 11 is 10.4. The molecule has 0 unspecified atom stereocenters. The SMILES string of the molecule is Cc1sc(Br)cc1S(=O)(=O)Nc1cccc(CCl)c1. The highest BCUT2D eigenvalue weighted by Crippen LogP contribution is 2.30. The summed E-state index contributed by atoms with van der Waals surface area (Å²) in [6.07, 6.45) is 0. The van der Waals surface area contributed by atoms with Crippen molar-refractivity contribution in [3.05, 3.63) is 44.6 Å². The van der Waals surface area contributed by atoms with E-state index in [1.807, 2.05) is 6.07 Å². The van der Waals surface area contributed by atoms with Crippen LogP contribution in [0, 0.1) is 6.92 Å². The van der Waals surface area contributed by atoms with Crippen LogP contribution in [0.5, 0.6) is 0 Å². The fraction of sp³-hybridized carbons (Fsp3) is 0.167. The molecule has 102 valence electrons. The monoisotopic (exact) mass is 379 g/mol. The van der Waals surface area contributed by atoms with Crippen molar-refractivity contribution in [2.24, 2.45) is 0 Å². The van der Waals surface area contributed by atoms with Gasteiger partial charge >= 0.3 is 0 Å². The molecule has 0 saturated carbocycles. The fourth-order valence-corrected chi connectivity index (χ4v) is 5.26. The normalized spacial score (nSPS) is 11.5. The Kier molecular flexibility index (Phi) is 4.55. The van der Waals surface area contributed by atoms with Crippen molar-refractivity contribution in [3.8, 4) is 0 Å². The van der Waals surface area contributed by atoms with Crippen molar-refractivity contribution >= 4 is 54.6 Å². The van der Waals surface area contributed by atoms with Gasteiger partial charge in [0.25, 0.3) is 10.0 Å². The number of aryl methyl sites for hydroxylation is 1. The second-order valence-corrected chi connectivity index (χ2v) is 8.46. The van der Waals surface area contributed by atoms with Crippen LogP contribution in [-0.2, 0) is 15.9 Å². The molecule has 0 atom stereocenters. The number of thiophene rings is 1.